The lowest BCUT2D eigenvalue weighted by atomic mass is 9.77. The van der Waals surface area contributed by atoms with Crippen LogP contribution in [-0.4, -0.2) is 55.2 Å². The highest BCUT2D eigenvalue weighted by Crippen LogP contribution is 2.41. The van der Waals surface area contributed by atoms with Crippen molar-refractivity contribution in [1.29, 1.82) is 0 Å². The van der Waals surface area contributed by atoms with Gasteiger partial charge in [0.15, 0.2) is 0 Å². The fourth-order valence-electron chi connectivity index (χ4n) is 10.2. The van der Waals surface area contributed by atoms with Gasteiger partial charge in [0.25, 0.3) is 0 Å². The van der Waals surface area contributed by atoms with Gasteiger partial charge in [-0.1, -0.05) is 155 Å². The summed E-state index contributed by atoms with van der Waals surface area (Å²) in [4.78, 5) is 24.8. The molecular formula is C62H88O7. The number of ether oxygens (including phenoxy) is 3. The van der Waals surface area contributed by atoms with Gasteiger partial charge < -0.3 is 24.4 Å². The molecule has 0 atom stereocenters. The monoisotopic (exact) mass is 945 g/mol. The lowest BCUT2D eigenvalue weighted by Crippen LogP contribution is -2.32. The van der Waals surface area contributed by atoms with Gasteiger partial charge >= 0.3 is 11.9 Å². The van der Waals surface area contributed by atoms with Crippen LogP contribution in [0.1, 0.15) is 179 Å². The highest BCUT2D eigenvalue weighted by atomic mass is 16.5. The first-order valence-electron chi connectivity index (χ1n) is 27.1. The Balaban J connectivity index is 1.44. The number of esters is 2. The van der Waals surface area contributed by atoms with E-state index >= 15 is 0 Å². The molecular weight excluding hydrogens is 857 g/mol. The van der Waals surface area contributed by atoms with Crippen LogP contribution >= 0.6 is 0 Å². The van der Waals surface area contributed by atoms with Crippen molar-refractivity contribution in [2.75, 3.05) is 33.0 Å². The molecule has 1 aliphatic rings. The molecule has 4 aromatic carbocycles. The number of unbranched alkanes of at least 4 members (excludes halogenated alkanes) is 3. The zero-order valence-corrected chi connectivity index (χ0v) is 43.9. The van der Waals surface area contributed by atoms with Crippen molar-refractivity contribution in [3.8, 4) is 39.1 Å². The molecule has 0 saturated heterocycles. The quantitative estimate of drug-likeness (QED) is 0.0413. The summed E-state index contributed by atoms with van der Waals surface area (Å²) >= 11 is 0. The smallest absolute Gasteiger partial charge is 0.308 e. The maximum atomic E-state index is 12.4. The molecule has 4 aromatic rings. The lowest BCUT2D eigenvalue weighted by molar-refractivity contribution is -0.148. The van der Waals surface area contributed by atoms with E-state index in [1.165, 1.54) is 90.3 Å². The van der Waals surface area contributed by atoms with E-state index in [1.807, 2.05) is 27.7 Å². The SMILES string of the molecule is CCCCCC1CCC(c2ccc(-c3ccc(-c4ccc(-c5cc(CCCOC(=O)C(C)C)c(OCCC(CO)(CO)CCCC)c(CCCOC(=O)C(C)C)c5)c(CC)c4)cc3CC)cc2)CC1. The highest BCUT2D eigenvalue weighted by Gasteiger charge is 2.29. The third kappa shape index (κ3) is 16.0. The molecule has 0 radical (unpaired) electrons. The van der Waals surface area contributed by atoms with Crippen LogP contribution < -0.4 is 4.74 Å². The Labute approximate surface area is 417 Å². The number of aliphatic hydroxyl groups excluding tert-OH is 2. The van der Waals surface area contributed by atoms with E-state index in [1.54, 1.807) is 0 Å². The van der Waals surface area contributed by atoms with Crippen molar-refractivity contribution in [1.82, 2.24) is 0 Å². The Bertz CT molecular complexity index is 2120. The molecule has 378 valence electrons. The number of rotatable bonds is 29. The summed E-state index contributed by atoms with van der Waals surface area (Å²) in [5.41, 5.74) is 12.7. The molecule has 5 rings (SSSR count). The van der Waals surface area contributed by atoms with Crippen molar-refractivity contribution < 1.29 is 34.0 Å². The van der Waals surface area contributed by atoms with Crippen LogP contribution in [0.2, 0.25) is 0 Å². The third-order valence-corrected chi connectivity index (χ3v) is 14.8. The van der Waals surface area contributed by atoms with Gasteiger partial charge in [-0.3, -0.25) is 9.59 Å². The molecule has 0 aromatic heterocycles. The van der Waals surface area contributed by atoms with Crippen molar-refractivity contribution >= 4 is 11.9 Å². The van der Waals surface area contributed by atoms with Gasteiger partial charge in [0, 0.05) is 5.41 Å². The maximum absolute atomic E-state index is 12.4. The van der Waals surface area contributed by atoms with Crippen molar-refractivity contribution in [2.45, 2.75) is 177 Å². The first-order valence-corrected chi connectivity index (χ1v) is 27.1. The Morgan fingerprint density at radius 2 is 1.06 bits per heavy atom. The van der Waals surface area contributed by atoms with E-state index in [0.717, 1.165) is 59.6 Å². The number of carbonyl (C=O) groups excluding carboxylic acids is 2. The normalized spacial score (nSPS) is 15.2. The maximum Gasteiger partial charge on any atom is 0.308 e. The predicted molar refractivity (Wildman–Crippen MR) is 285 cm³/mol. The fourth-order valence-corrected chi connectivity index (χ4v) is 10.2. The van der Waals surface area contributed by atoms with Gasteiger partial charge in [-0.15, -0.1) is 0 Å². The third-order valence-electron chi connectivity index (χ3n) is 14.8. The van der Waals surface area contributed by atoms with E-state index in [0.29, 0.717) is 64.3 Å². The van der Waals surface area contributed by atoms with Crippen LogP contribution in [0.5, 0.6) is 5.75 Å². The molecule has 0 heterocycles. The van der Waals surface area contributed by atoms with Crippen LogP contribution in [0.4, 0.5) is 0 Å². The number of hydrogen-bond donors (Lipinski definition) is 2. The van der Waals surface area contributed by atoms with Gasteiger partial charge in [-0.25, -0.2) is 0 Å². The van der Waals surface area contributed by atoms with E-state index in [4.69, 9.17) is 14.2 Å². The minimum absolute atomic E-state index is 0.110. The van der Waals surface area contributed by atoms with Crippen molar-refractivity contribution in [3.05, 3.63) is 101 Å². The Kier molecular flexibility index (Phi) is 22.8. The second-order valence-electron chi connectivity index (χ2n) is 20.8. The molecule has 0 bridgehead atoms. The molecule has 7 nitrogen and oxygen atoms in total. The largest absolute Gasteiger partial charge is 0.493 e. The lowest BCUT2D eigenvalue weighted by Gasteiger charge is -2.30. The molecule has 1 aliphatic carbocycles. The summed E-state index contributed by atoms with van der Waals surface area (Å²) in [5, 5.41) is 20.9. The number of carbonyl (C=O) groups is 2. The molecule has 0 spiro atoms. The Morgan fingerprint density at radius 3 is 1.54 bits per heavy atom. The van der Waals surface area contributed by atoms with Gasteiger partial charge in [-0.2, -0.15) is 0 Å². The second kappa shape index (κ2) is 28.4. The second-order valence-corrected chi connectivity index (χ2v) is 20.8. The van der Waals surface area contributed by atoms with Crippen LogP contribution in [0.15, 0.2) is 72.8 Å². The molecule has 2 N–H and O–H groups in total. The Morgan fingerprint density at radius 1 is 0.565 bits per heavy atom. The van der Waals surface area contributed by atoms with Gasteiger partial charge in [-0.05, 0) is 162 Å². The average molecular weight is 945 g/mol. The number of hydrogen-bond acceptors (Lipinski definition) is 7. The summed E-state index contributed by atoms with van der Waals surface area (Å²) in [7, 11) is 0. The highest BCUT2D eigenvalue weighted by molar-refractivity contribution is 5.78. The van der Waals surface area contributed by atoms with Crippen LogP contribution in [-0.2, 0) is 44.7 Å². The molecule has 69 heavy (non-hydrogen) atoms. The topological polar surface area (TPSA) is 102 Å². The molecule has 1 saturated carbocycles. The van der Waals surface area contributed by atoms with Gasteiger partial charge in [0.05, 0.1) is 44.9 Å². The molecule has 7 heteroatoms. The standard InChI is InChI=1S/C62H88O7/c1-9-13-15-18-46-21-23-49(24-22-46)50-25-27-51(28-26-50)57-31-29-52(38-47(57)11-3)53-30-32-58(48(12-4)39-53)56-40-54(19-16-35-68-60(65)44(5)6)59(55(41-56)20-17-36-69-61(66)45(7)8)67-37-34-62(42-63,43-64)33-14-10-2/h25-32,38-41,44-46,49,63-64H,9-24,33-37,42-43H2,1-8H3. The zero-order chi connectivity index (χ0) is 49.8. The molecule has 0 amide bonds. The first kappa shape index (κ1) is 55.5. The Hall–Kier alpha value is -4.46. The van der Waals surface area contributed by atoms with E-state index in [-0.39, 0.29) is 37.0 Å². The zero-order valence-electron chi connectivity index (χ0n) is 43.9. The van der Waals surface area contributed by atoms with Gasteiger partial charge in [0.2, 0.25) is 0 Å². The number of benzene rings is 4. The van der Waals surface area contributed by atoms with Crippen LogP contribution in [0.25, 0.3) is 33.4 Å². The van der Waals surface area contributed by atoms with Gasteiger partial charge in [0.1, 0.15) is 5.75 Å². The summed E-state index contributed by atoms with van der Waals surface area (Å²) < 4.78 is 18.0. The number of aryl methyl sites for hydroxylation is 4. The summed E-state index contributed by atoms with van der Waals surface area (Å²) in [6.45, 7) is 17.0. The van der Waals surface area contributed by atoms with E-state index < -0.39 is 5.41 Å². The van der Waals surface area contributed by atoms with Crippen LogP contribution in [0, 0.1) is 23.2 Å². The van der Waals surface area contributed by atoms with E-state index in [9.17, 15) is 19.8 Å². The molecule has 1 fully saturated rings. The van der Waals surface area contributed by atoms with Crippen LogP contribution in [0.3, 0.4) is 0 Å². The summed E-state index contributed by atoms with van der Waals surface area (Å²) in [6.07, 6.45) is 18.2. The number of aliphatic hydroxyl groups is 2. The van der Waals surface area contributed by atoms with Crippen molar-refractivity contribution in [3.63, 3.8) is 0 Å². The van der Waals surface area contributed by atoms with E-state index in [2.05, 4.69) is 100 Å². The fraction of sp³-hybridized carbons (Fsp3) is 0.581. The summed E-state index contributed by atoms with van der Waals surface area (Å²) in [5.74, 6) is 1.56. The first-order chi connectivity index (χ1) is 33.4. The molecule has 0 unspecified atom stereocenters. The summed E-state index contributed by atoms with van der Waals surface area (Å²) in [6, 6.07) is 27.8. The minimum Gasteiger partial charge on any atom is -0.493 e. The van der Waals surface area contributed by atoms with Crippen molar-refractivity contribution in [2.24, 2.45) is 23.2 Å². The average Bonchev–Trinajstić information content (AvgIpc) is 3.37. The molecule has 0 aliphatic heterocycles. The minimum atomic E-state index is -0.625. The predicted octanol–water partition coefficient (Wildman–Crippen LogP) is 14.9.